The van der Waals surface area contributed by atoms with Crippen LogP contribution in [0.15, 0.2) is 39.4 Å². The molecule has 124 valence electrons. The van der Waals surface area contributed by atoms with E-state index >= 15 is 0 Å². The summed E-state index contributed by atoms with van der Waals surface area (Å²) >= 11 is 0. The van der Waals surface area contributed by atoms with E-state index in [1.807, 2.05) is 7.05 Å². The lowest BCUT2D eigenvalue weighted by Crippen LogP contribution is -2.44. The van der Waals surface area contributed by atoms with E-state index in [4.69, 9.17) is 9.05 Å². The molecule has 3 heterocycles. The van der Waals surface area contributed by atoms with Crippen molar-refractivity contribution in [3.63, 3.8) is 0 Å². The molecular weight excluding hydrogens is 313 g/mol. The first-order chi connectivity index (χ1) is 11.7. The van der Waals surface area contributed by atoms with Gasteiger partial charge in [-0.3, -0.25) is 4.90 Å². The number of hydrogen-bond donors (Lipinski definition) is 1. The van der Waals surface area contributed by atoms with Gasteiger partial charge in [-0.2, -0.15) is 4.98 Å². The third kappa shape index (κ3) is 2.81. The molecule has 24 heavy (non-hydrogen) atoms. The lowest BCUT2D eigenvalue weighted by Gasteiger charge is -2.30. The molecule has 7 nitrogen and oxygen atoms in total. The molecule has 1 unspecified atom stereocenters. The topological polar surface area (TPSA) is 80.2 Å². The van der Waals surface area contributed by atoms with Gasteiger partial charge in [0, 0.05) is 31.3 Å². The summed E-state index contributed by atoms with van der Waals surface area (Å²) in [7, 11) is 2.03. The van der Waals surface area contributed by atoms with Crippen LogP contribution in [0.3, 0.4) is 0 Å². The maximum Gasteiger partial charge on any atom is 0.280 e. The summed E-state index contributed by atoms with van der Waals surface area (Å²) in [6.45, 7) is 2.64. The Kier molecular flexibility index (Phi) is 3.83. The third-order valence-corrected chi connectivity index (χ3v) is 4.11. The van der Waals surface area contributed by atoms with Crippen LogP contribution in [0.5, 0.6) is 0 Å². The van der Waals surface area contributed by atoms with Gasteiger partial charge in [-0.15, -0.1) is 0 Å². The fourth-order valence-electron chi connectivity index (χ4n) is 2.69. The number of rotatable bonds is 3. The highest BCUT2D eigenvalue weighted by Crippen LogP contribution is 2.26. The highest BCUT2D eigenvalue weighted by Gasteiger charge is 2.26. The second kappa shape index (κ2) is 6.14. The number of hydrogen-bond acceptors (Lipinski definition) is 7. The van der Waals surface area contributed by atoms with E-state index in [1.165, 1.54) is 12.1 Å². The van der Waals surface area contributed by atoms with Crippen molar-refractivity contribution in [2.45, 2.75) is 6.04 Å². The van der Waals surface area contributed by atoms with Gasteiger partial charge in [0.15, 0.2) is 17.3 Å². The molecule has 1 atom stereocenters. The average Bonchev–Trinajstić information content (AvgIpc) is 3.25. The highest BCUT2D eigenvalue weighted by molar-refractivity contribution is 5.62. The fraction of sp³-hybridized carbons (Fsp3) is 0.312. The summed E-state index contributed by atoms with van der Waals surface area (Å²) in [5, 5.41) is 11.3. The molecule has 3 aromatic rings. The number of piperazine rings is 1. The highest BCUT2D eigenvalue weighted by atomic mass is 19.1. The zero-order valence-corrected chi connectivity index (χ0v) is 13.1. The monoisotopic (exact) mass is 329 g/mol. The summed E-state index contributed by atoms with van der Waals surface area (Å²) in [6.07, 6.45) is 0. The second-order valence-electron chi connectivity index (χ2n) is 5.74. The zero-order valence-electron chi connectivity index (χ0n) is 13.1. The van der Waals surface area contributed by atoms with Gasteiger partial charge in [0.05, 0.1) is 6.04 Å². The molecular formula is C16H16FN5O2. The first-order valence-electron chi connectivity index (χ1n) is 7.68. The molecule has 0 radical (unpaired) electrons. The van der Waals surface area contributed by atoms with E-state index in [0.29, 0.717) is 23.2 Å². The Bertz CT molecular complexity index is 829. The van der Waals surface area contributed by atoms with Crippen LogP contribution in [0.4, 0.5) is 4.39 Å². The Hall–Kier alpha value is -2.58. The van der Waals surface area contributed by atoms with Gasteiger partial charge in [0.1, 0.15) is 5.82 Å². The molecule has 1 aliphatic heterocycles. The molecule has 1 fully saturated rings. The third-order valence-electron chi connectivity index (χ3n) is 4.11. The number of nitrogens with one attached hydrogen (secondary N) is 1. The molecule has 0 spiro atoms. The Labute approximate surface area is 137 Å². The van der Waals surface area contributed by atoms with Gasteiger partial charge in [-0.25, -0.2) is 4.39 Å². The number of halogens is 1. The van der Waals surface area contributed by atoms with Crippen LogP contribution >= 0.6 is 0 Å². The summed E-state index contributed by atoms with van der Waals surface area (Å²) in [4.78, 5) is 6.61. The Morgan fingerprint density at radius 3 is 2.83 bits per heavy atom. The van der Waals surface area contributed by atoms with Gasteiger partial charge in [0.2, 0.25) is 0 Å². The van der Waals surface area contributed by atoms with E-state index < -0.39 is 0 Å². The lowest BCUT2D eigenvalue weighted by molar-refractivity contribution is 0.190. The SMILES string of the molecule is CN1CCNCC1c1noc(-c2cc(-c3ccc(F)cc3)on2)n1. The van der Waals surface area contributed by atoms with Crippen LogP contribution in [0, 0.1) is 5.82 Å². The van der Waals surface area contributed by atoms with Gasteiger partial charge < -0.3 is 14.4 Å². The second-order valence-corrected chi connectivity index (χ2v) is 5.74. The smallest absolute Gasteiger partial charge is 0.280 e. The van der Waals surface area contributed by atoms with Crippen molar-refractivity contribution in [2.24, 2.45) is 0 Å². The molecule has 8 heteroatoms. The minimum atomic E-state index is -0.301. The number of benzene rings is 1. The number of aromatic nitrogens is 3. The molecule has 0 aliphatic carbocycles. The molecule has 1 N–H and O–H groups in total. The van der Waals surface area contributed by atoms with Crippen molar-refractivity contribution < 1.29 is 13.4 Å². The van der Waals surface area contributed by atoms with Gasteiger partial charge >= 0.3 is 0 Å². The Morgan fingerprint density at radius 1 is 1.21 bits per heavy atom. The standard InChI is InChI=1S/C16H16FN5O2/c1-22-7-6-18-9-13(22)15-19-16(24-21-15)12-8-14(23-20-12)10-2-4-11(17)5-3-10/h2-5,8,13,18H,6-7,9H2,1H3. The molecule has 0 amide bonds. The Balaban J connectivity index is 1.58. The minimum Gasteiger partial charge on any atom is -0.355 e. The van der Waals surface area contributed by atoms with Crippen molar-refractivity contribution in [1.82, 2.24) is 25.5 Å². The molecule has 0 saturated carbocycles. The van der Waals surface area contributed by atoms with Crippen LogP contribution in [-0.4, -0.2) is 46.9 Å². The number of nitrogens with zero attached hydrogens (tertiary/aromatic N) is 4. The maximum atomic E-state index is 13.0. The predicted molar refractivity (Wildman–Crippen MR) is 83.4 cm³/mol. The molecule has 2 aromatic heterocycles. The largest absolute Gasteiger partial charge is 0.355 e. The van der Waals surface area contributed by atoms with Crippen molar-refractivity contribution >= 4 is 0 Å². The van der Waals surface area contributed by atoms with Crippen LogP contribution in [0.2, 0.25) is 0 Å². The maximum absolute atomic E-state index is 13.0. The first kappa shape index (κ1) is 15.0. The van der Waals surface area contributed by atoms with E-state index in [1.54, 1.807) is 18.2 Å². The first-order valence-corrected chi connectivity index (χ1v) is 7.68. The quantitative estimate of drug-likeness (QED) is 0.788. The van der Waals surface area contributed by atoms with E-state index in [-0.39, 0.29) is 11.9 Å². The van der Waals surface area contributed by atoms with Crippen LogP contribution in [0.25, 0.3) is 22.9 Å². The van der Waals surface area contributed by atoms with Crippen molar-refractivity contribution in [3.8, 4) is 22.9 Å². The fourth-order valence-corrected chi connectivity index (χ4v) is 2.69. The van der Waals surface area contributed by atoms with E-state index in [0.717, 1.165) is 25.2 Å². The molecule has 1 aromatic carbocycles. The molecule has 1 aliphatic rings. The van der Waals surface area contributed by atoms with Crippen LogP contribution in [-0.2, 0) is 0 Å². The normalized spacial score (nSPS) is 18.8. The van der Waals surface area contributed by atoms with Gasteiger partial charge in [0.25, 0.3) is 5.89 Å². The minimum absolute atomic E-state index is 0.0692. The van der Waals surface area contributed by atoms with Crippen molar-refractivity contribution in [1.29, 1.82) is 0 Å². The molecule has 0 bridgehead atoms. The van der Waals surface area contributed by atoms with Crippen molar-refractivity contribution in [2.75, 3.05) is 26.7 Å². The van der Waals surface area contributed by atoms with E-state index in [2.05, 4.69) is 25.5 Å². The van der Waals surface area contributed by atoms with Crippen LogP contribution < -0.4 is 5.32 Å². The predicted octanol–water partition coefficient (Wildman–Crippen LogP) is 2.11. The Morgan fingerprint density at radius 2 is 2.04 bits per heavy atom. The molecule has 4 rings (SSSR count). The van der Waals surface area contributed by atoms with Crippen molar-refractivity contribution in [3.05, 3.63) is 42.0 Å². The summed E-state index contributed by atoms with van der Waals surface area (Å²) < 4.78 is 23.6. The zero-order chi connectivity index (χ0) is 16.5. The number of likely N-dealkylation sites (N-methyl/N-ethyl adjacent to an activating group) is 1. The van der Waals surface area contributed by atoms with Gasteiger partial charge in [-0.1, -0.05) is 10.3 Å². The summed E-state index contributed by atoms with van der Waals surface area (Å²) in [5.41, 5.74) is 1.19. The summed E-state index contributed by atoms with van der Waals surface area (Å²) in [6, 6.07) is 7.76. The van der Waals surface area contributed by atoms with Crippen LogP contribution in [0.1, 0.15) is 11.9 Å². The molecule has 1 saturated heterocycles. The summed E-state index contributed by atoms with van der Waals surface area (Å²) in [5.74, 6) is 1.14. The lowest BCUT2D eigenvalue weighted by atomic mass is 10.1. The van der Waals surface area contributed by atoms with Gasteiger partial charge in [-0.05, 0) is 31.3 Å². The van der Waals surface area contributed by atoms with E-state index in [9.17, 15) is 4.39 Å². The average molecular weight is 329 g/mol.